The molecule has 28 heavy (non-hydrogen) atoms. The number of ether oxygens (including phenoxy) is 3. The van der Waals surface area contributed by atoms with Crippen LogP contribution in [0.4, 0.5) is 5.69 Å². The average Bonchev–Trinajstić information content (AvgIpc) is 2.66. The molecule has 1 aliphatic rings. The van der Waals surface area contributed by atoms with E-state index in [9.17, 15) is 9.59 Å². The Balaban J connectivity index is 2.26. The number of carbonyl (C=O) groups is 2. The molecule has 2 N–H and O–H groups in total. The van der Waals surface area contributed by atoms with Crippen LogP contribution in [0.5, 0.6) is 0 Å². The molecule has 0 unspecified atom stereocenters. The van der Waals surface area contributed by atoms with Gasteiger partial charge in [0.2, 0.25) is 5.91 Å². The summed E-state index contributed by atoms with van der Waals surface area (Å²) in [6.45, 7) is 2.29. The smallest absolute Gasteiger partial charge is 0.338 e. The summed E-state index contributed by atoms with van der Waals surface area (Å²) in [5, 5.41) is 6.41. The molecule has 152 valence electrons. The summed E-state index contributed by atoms with van der Waals surface area (Å²) in [4.78, 5) is 26.1. The van der Waals surface area contributed by atoms with Gasteiger partial charge in [-0.2, -0.15) is 0 Å². The van der Waals surface area contributed by atoms with Gasteiger partial charge >= 0.3 is 5.97 Å². The van der Waals surface area contributed by atoms with Gasteiger partial charge in [0.1, 0.15) is 13.2 Å². The number of amides is 1. The van der Waals surface area contributed by atoms with Gasteiger partial charge in [0, 0.05) is 32.7 Å². The number of benzene rings is 1. The molecule has 1 aromatic carbocycles. The Morgan fingerprint density at radius 3 is 2.46 bits per heavy atom. The molecule has 1 amide bonds. The van der Waals surface area contributed by atoms with Crippen LogP contribution in [0.3, 0.4) is 0 Å². The van der Waals surface area contributed by atoms with Gasteiger partial charge in [-0.3, -0.25) is 4.79 Å². The van der Waals surface area contributed by atoms with Crippen molar-refractivity contribution < 1.29 is 23.8 Å². The second-order valence-electron chi connectivity index (χ2n) is 6.17. The molecule has 0 aliphatic carbocycles. The third-order valence-corrected chi connectivity index (χ3v) is 4.69. The lowest BCUT2D eigenvalue weighted by Crippen LogP contribution is -2.46. The lowest BCUT2D eigenvalue weighted by Gasteiger charge is -2.35. The molecule has 1 atom stereocenters. The first-order valence-electron chi connectivity index (χ1n) is 8.68. The molecule has 0 bridgehead atoms. The molecule has 2 rings (SSSR count). The van der Waals surface area contributed by atoms with Gasteiger partial charge < -0.3 is 29.7 Å². The summed E-state index contributed by atoms with van der Waals surface area (Å²) in [7, 11) is 4.79. The number of hydrogen-bond donors (Lipinski definition) is 2. The quantitative estimate of drug-likeness (QED) is 0.382. The van der Waals surface area contributed by atoms with Crippen molar-refractivity contribution in [3.63, 3.8) is 0 Å². The summed E-state index contributed by atoms with van der Waals surface area (Å²) in [5.74, 6) is -0.675. The number of esters is 1. The van der Waals surface area contributed by atoms with E-state index in [-0.39, 0.29) is 19.1 Å². The summed E-state index contributed by atoms with van der Waals surface area (Å²) >= 11 is 5.38. The van der Waals surface area contributed by atoms with Crippen molar-refractivity contribution in [2.24, 2.45) is 0 Å². The fourth-order valence-electron chi connectivity index (χ4n) is 2.73. The van der Waals surface area contributed by atoms with E-state index in [0.29, 0.717) is 28.7 Å². The highest BCUT2D eigenvalue weighted by atomic mass is 32.1. The SMILES string of the molecule is COCCOC(=O)C1=C(C)N(C)C(=S)N[C@@H]1c1ccc(NC(=O)COC)cc1. The Morgan fingerprint density at radius 1 is 1.18 bits per heavy atom. The van der Waals surface area contributed by atoms with Gasteiger partial charge in [-0.05, 0) is 36.8 Å². The van der Waals surface area contributed by atoms with E-state index in [4.69, 9.17) is 26.4 Å². The van der Waals surface area contributed by atoms with E-state index in [1.807, 2.05) is 19.1 Å². The second-order valence-corrected chi connectivity index (χ2v) is 6.56. The molecule has 9 heteroatoms. The van der Waals surface area contributed by atoms with Crippen LogP contribution < -0.4 is 10.6 Å². The van der Waals surface area contributed by atoms with Crippen LogP contribution in [0.25, 0.3) is 0 Å². The predicted octanol–water partition coefficient (Wildman–Crippen LogP) is 1.60. The third kappa shape index (κ3) is 5.28. The zero-order valence-corrected chi connectivity index (χ0v) is 17.2. The van der Waals surface area contributed by atoms with Crippen LogP contribution in [0.15, 0.2) is 35.5 Å². The maximum Gasteiger partial charge on any atom is 0.338 e. The Hall–Kier alpha value is -2.49. The van der Waals surface area contributed by atoms with Crippen LogP contribution in [0.2, 0.25) is 0 Å². The number of hydrogen-bond acceptors (Lipinski definition) is 6. The van der Waals surface area contributed by atoms with Gasteiger partial charge in [0.15, 0.2) is 5.11 Å². The molecule has 1 aliphatic heterocycles. The number of rotatable bonds is 8. The zero-order chi connectivity index (χ0) is 20.7. The first-order chi connectivity index (χ1) is 13.4. The van der Waals surface area contributed by atoms with E-state index in [0.717, 1.165) is 5.56 Å². The number of thiocarbonyl (C=S) groups is 1. The molecule has 0 aromatic heterocycles. The monoisotopic (exact) mass is 407 g/mol. The summed E-state index contributed by atoms with van der Waals surface area (Å²) in [6, 6.07) is 6.71. The minimum absolute atomic E-state index is 0.0219. The highest BCUT2D eigenvalue weighted by Gasteiger charge is 2.33. The molecule has 0 radical (unpaired) electrons. The van der Waals surface area contributed by atoms with Gasteiger partial charge in [-0.15, -0.1) is 0 Å². The van der Waals surface area contributed by atoms with Crippen LogP contribution in [0, 0.1) is 0 Å². The molecule has 1 aromatic rings. The van der Waals surface area contributed by atoms with Crippen molar-refractivity contribution in [1.29, 1.82) is 0 Å². The van der Waals surface area contributed by atoms with Crippen LogP contribution in [-0.2, 0) is 23.8 Å². The number of nitrogens with zero attached hydrogens (tertiary/aromatic N) is 1. The first kappa shape index (κ1) is 21.8. The van der Waals surface area contributed by atoms with E-state index in [2.05, 4.69) is 10.6 Å². The van der Waals surface area contributed by atoms with Crippen molar-refractivity contribution >= 4 is 34.9 Å². The van der Waals surface area contributed by atoms with Crippen LogP contribution in [0.1, 0.15) is 18.5 Å². The van der Waals surface area contributed by atoms with Crippen molar-refractivity contribution in [1.82, 2.24) is 10.2 Å². The van der Waals surface area contributed by atoms with Gasteiger partial charge in [-0.1, -0.05) is 12.1 Å². The molecule has 0 spiro atoms. The number of anilines is 1. The Bertz CT molecular complexity index is 763. The van der Waals surface area contributed by atoms with Crippen molar-refractivity contribution in [2.45, 2.75) is 13.0 Å². The maximum atomic E-state index is 12.7. The molecular formula is C19H25N3O5S. The highest BCUT2D eigenvalue weighted by molar-refractivity contribution is 7.80. The largest absolute Gasteiger partial charge is 0.460 e. The van der Waals surface area contributed by atoms with Crippen molar-refractivity contribution in [2.75, 3.05) is 46.4 Å². The van der Waals surface area contributed by atoms with Crippen molar-refractivity contribution in [3.8, 4) is 0 Å². The molecule has 0 saturated heterocycles. The summed E-state index contributed by atoms with van der Waals surface area (Å²) < 4.78 is 15.1. The second kappa shape index (κ2) is 10.2. The normalized spacial score (nSPS) is 16.6. The predicted molar refractivity (Wildman–Crippen MR) is 109 cm³/mol. The Kier molecular flexibility index (Phi) is 7.91. The number of carbonyl (C=O) groups excluding carboxylic acids is 2. The topological polar surface area (TPSA) is 89.1 Å². The van der Waals surface area contributed by atoms with E-state index in [1.54, 1.807) is 31.2 Å². The number of allylic oxidation sites excluding steroid dienone is 1. The number of nitrogens with one attached hydrogen (secondary N) is 2. The van der Waals surface area contributed by atoms with Gasteiger partial charge in [0.05, 0.1) is 18.2 Å². The summed E-state index contributed by atoms with van der Waals surface area (Å²) in [5.41, 5.74) is 2.64. The first-order valence-corrected chi connectivity index (χ1v) is 9.09. The van der Waals surface area contributed by atoms with Crippen LogP contribution >= 0.6 is 12.2 Å². The number of methoxy groups -OCH3 is 2. The molecule has 0 saturated carbocycles. The molecule has 0 fully saturated rings. The van der Waals surface area contributed by atoms with E-state index in [1.165, 1.54) is 7.11 Å². The molecular weight excluding hydrogens is 382 g/mol. The molecule has 8 nitrogen and oxygen atoms in total. The standard InChI is InChI=1S/C19H25N3O5S/c1-12-16(18(24)27-10-9-25-3)17(21-19(28)22(12)2)13-5-7-14(8-6-13)20-15(23)11-26-4/h5-8,17H,9-11H2,1-4H3,(H,20,23)(H,21,28)/t17-/m1/s1. The lowest BCUT2D eigenvalue weighted by molar-refractivity contribution is -0.140. The fraction of sp³-hybridized carbons (Fsp3) is 0.421. The lowest BCUT2D eigenvalue weighted by atomic mass is 9.95. The van der Waals surface area contributed by atoms with Gasteiger partial charge in [0.25, 0.3) is 0 Å². The Labute approximate surface area is 169 Å². The highest BCUT2D eigenvalue weighted by Crippen LogP contribution is 2.31. The minimum atomic E-state index is -0.456. The van der Waals surface area contributed by atoms with E-state index >= 15 is 0 Å². The van der Waals surface area contributed by atoms with E-state index < -0.39 is 12.0 Å². The molecule has 1 heterocycles. The fourth-order valence-corrected chi connectivity index (χ4v) is 2.99. The van der Waals surface area contributed by atoms with Crippen molar-refractivity contribution in [3.05, 3.63) is 41.1 Å². The summed E-state index contributed by atoms with van der Waals surface area (Å²) in [6.07, 6.45) is 0. The third-order valence-electron chi connectivity index (χ3n) is 4.30. The minimum Gasteiger partial charge on any atom is -0.460 e. The average molecular weight is 407 g/mol. The van der Waals surface area contributed by atoms with Crippen LogP contribution in [-0.4, -0.2) is 63.0 Å². The Morgan fingerprint density at radius 2 is 1.86 bits per heavy atom. The van der Waals surface area contributed by atoms with Gasteiger partial charge in [-0.25, -0.2) is 4.79 Å². The maximum absolute atomic E-state index is 12.7. The zero-order valence-electron chi connectivity index (χ0n) is 16.4.